The van der Waals surface area contributed by atoms with E-state index in [4.69, 9.17) is 17.3 Å². The van der Waals surface area contributed by atoms with Crippen LogP contribution in [-0.2, 0) is 0 Å². The van der Waals surface area contributed by atoms with Gasteiger partial charge in [0.05, 0.1) is 4.92 Å². The molecule has 0 fully saturated rings. The Balaban J connectivity index is 3.08. The highest BCUT2D eigenvalue weighted by molar-refractivity contribution is 6.18. The Labute approximate surface area is 92.2 Å². The highest BCUT2D eigenvalue weighted by atomic mass is 35.5. The van der Waals surface area contributed by atoms with E-state index in [9.17, 15) is 10.1 Å². The van der Waals surface area contributed by atoms with Gasteiger partial charge in [-0.3, -0.25) is 10.1 Å². The van der Waals surface area contributed by atoms with Crippen LogP contribution in [0.4, 0.5) is 11.4 Å². The van der Waals surface area contributed by atoms with E-state index in [0.717, 1.165) is 0 Å². The summed E-state index contributed by atoms with van der Waals surface area (Å²) in [6.45, 7) is 0. The second-order valence-corrected chi connectivity index (χ2v) is 3.15. The van der Waals surface area contributed by atoms with Gasteiger partial charge in [0.15, 0.2) is 0 Å². The first-order valence-corrected chi connectivity index (χ1v) is 4.77. The standard InChI is InChI=1S/C10H9ClN2O2/c11-6-2-1-3-8-4-5-9(12)7-10(8)13(14)15/h4-5,7H,2,6,12H2. The van der Waals surface area contributed by atoms with E-state index >= 15 is 0 Å². The third-order valence-corrected chi connectivity index (χ3v) is 1.85. The number of anilines is 1. The van der Waals surface area contributed by atoms with Crippen molar-refractivity contribution in [1.29, 1.82) is 0 Å². The topological polar surface area (TPSA) is 69.2 Å². The number of alkyl halides is 1. The summed E-state index contributed by atoms with van der Waals surface area (Å²) < 4.78 is 0. The molecule has 0 atom stereocenters. The van der Waals surface area contributed by atoms with Gasteiger partial charge in [-0.25, -0.2) is 0 Å². The lowest BCUT2D eigenvalue weighted by molar-refractivity contribution is -0.385. The Kier molecular flexibility index (Phi) is 3.95. The van der Waals surface area contributed by atoms with E-state index in [0.29, 0.717) is 23.6 Å². The molecule has 78 valence electrons. The zero-order valence-electron chi connectivity index (χ0n) is 7.87. The van der Waals surface area contributed by atoms with Gasteiger partial charge in [0.2, 0.25) is 0 Å². The van der Waals surface area contributed by atoms with Crippen molar-refractivity contribution in [3.05, 3.63) is 33.9 Å². The fourth-order valence-electron chi connectivity index (χ4n) is 1.01. The molecule has 15 heavy (non-hydrogen) atoms. The summed E-state index contributed by atoms with van der Waals surface area (Å²) in [5.41, 5.74) is 6.09. The van der Waals surface area contributed by atoms with E-state index in [-0.39, 0.29) is 5.69 Å². The fourth-order valence-corrected chi connectivity index (χ4v) is 1.10. The van der Waals surface area contributed by atoms with Crippen LogP contribution in [0.3, 0.4) is 0 Å². The molecule has 0 unspecified atom stereocenters. The van der Waals surface area contributed by atoms with Gasteiger partial charge in [0.1, 0.15) is 5.56 Å². The van der Waals surface area contributed by atoms with Crippen LogP contribution in [0.5, 0.6) is 0 Å². The molecule has 5 heteroatoms. The molecule has 0 aliphatic heterocycles. The zero-order chi connectivity index (χ0) is 11.3. The van der Waals surface area contributed by atoms with Crippen LogP contribution in [0.25, 0.3) is 0 Å². The number of nitrogen functional groups attached to an aromatic ring is 1. The normalized spacial score (nSPS) is 9.13. The molecule has 0 saturated carbocycles. The molecular formula is C10H9ClN2O2. The predicted octanol–water partition coefficient (Wildman–Crippen LogP) is 2.16. The van der Waals surface area contributed by atoms with Crippen LogP contribution in [0.2, 0.25) is 0 Å². The van der Waals surface area contributed by atoms with Gasteiger partial charge in [-0.05, 0) is 12.1 Å². The average Bonchev–Trinajstić information content (AvgIpc) is 2.20. The van der Waals surface area contributed by atoms with Crippen LogP contribution in [0.15, 0.2) is 18.2 Å². The number of halogens is 1. The molecule has 0 saturated heterocycles. The lowest BCUT2D eigenvalue weighted by atomic mass is 10.1. The van der Waals surface area contributed by atoms with Crippen molar-refractivity contribution in [3.8, 4) is 11.8 Å². The molecule has 2 N–H and O–H groups in total. The van der Waals surface area contributed by atoms with Gasteiger partial charge in [0, 0.05) is 24.1 Å². The lowest BCUT2D eigenvalue weighted by Gasteiger charge is -1.96. The summed E-state index contributed by atoms with van der Waals surface area (Å²) in [6.07, 6.45) is 0.503. The molecule has 0 aliphatic rings. The molecule has 0 heterocycles. The molecule has 4 nitrogen and oxygen atoms in total. The van der Waals surface area contributed by atoms with Crippen LogP contribution in [0, 0.1) is 22.0 Å². The van der Waals surface area contributed by atoms with Crippen molar-refractivity contribution in [1.82, 2.24) is 0 Å². The second-order valence-electron chi connectivity index (χ2n) is 2.77. The van der Waals surface area contributed by atoms with E-state index < -0.39 is 4.92 Å². The van der Waals surface area contributed by atoms with Crippen molar-refractivity contribution >= 4 is 23.0 Å². The molecule has 0 bridgehead atoms. The lowest BCUT2D eigenvalue weighted by Crippen LogP contribution is -1.94. The number of hydrogen-bond acceptors (Lipinski definition) is 3. The highest BCUT2D eigenvalue weighted by Gasteiger charge is 2.11. The van der Waals surface area contributed by atoms with Crippen LogP contribution in [-0.4, -0.2) is 10.8 Å². The summed E-state index contributed by atoms with van der Waals surface area (Å²) in [5, 5.41) is 10.7. The summed E-state index contributed by atoms with van der Waals surface area (Å²) in [6, 6.07) is 4.41. The van der Waals surface area contributed by atoms with Crippen molar-refractivity contribution in [3.63, 3.8) is 0 Å². The minimum atomic E-state index is -0.499. The predicted molar refractivity (Wildman–Crippen MR) is 59.7 cm³/mol. The molecule has 1 rings (SSSR count). The molecule has 0 amide bonds. The van der Waals surface area contributed by atoms with E-state index in [1.807, 2.05) is 0 Å². The third kappa shape index (κ3) is 3.15. The van der Waals surface area contributed by atoms with Crippen molar-refractivity contribution in [2.45, 2.75) is 6.42 Å². The maximum atomic E-state index is 10.7. The second kappa shape index (κ2) is 5.23. The van der Waals surface area contributed by atoms with Crippen LogP contribution >= 0.6 is 11.6 Å². The van der Waals surface area contributed by atoms with Crippen molar-refractivity contribution in [2.75, 3.05) is 11.6 Å². The molecule has 1 aromatic carbocycles. The Morgan fingerprint density at radius 1 is 1.53 bits per heavy atom. The molecule has 0 aromatic heterocycles. The maximum absolute atomic E-state index is 10.7. The van der Waals surface area contributed by atoms with Gasteiger partial charge >= 0.3 is 0 Å². The Hall–Kier alpha value is -1.73. The molecule has 1 aromatic rings. The minimum absolute atomic E-state index is 0.0722. The average molecular weight is 225 g/mol. The molecule has 0 spiro atoms. The number of nitro benzene ring substituents is 1. The Morgan fingerprint density at radius 2 is 2.27 bits per heavy atom. The zero-order valence-corrected chi connectivity index (χ0v) is 8.62. The summed E-state index contributed by atoms with van der Waals surface area (Å²) in [7, 11) is 0. The van der Waals surface area contributed by atoms with Gasteiger partial charge < -0.3 is 5.73 Å². The number of benzene rings is 1. The van der Waals surface area contributed by atoms with Gasteiger partial charge in [-0.2, -0.15) is 0 Å². The summed E-state index contributed by atoms with van der Waals surface area (Å²) in [5.74, 6) is 5.84. The number of nitro groups is 1. The first-order valence-electron chi connectivity index (χ1n) is 4.24. The third-order valence-electron chi connectivity index (χ3n) is 1.66. The van der Waals surface area contributed by atoms with Crippen LogP contribution < -0.4 is 5.73 Å². The summed E-state index contributed by atoms with van der Waals surface area (Å²) in [4.78, 5) is 10.2. The SMILES string of the molecule is Nc1ccc(C#CCCCl)c([N+](=O)[O-])c1. The molecular weight excluding hydrogens is 216 g/mol. The first kappa shape index (κ1) is 11.3. The number of rotatable bonds is 2. The minimum Gasteiger partial charge on any atom is -0.399 e. The smallest absolute Gasteiger partial charge is 0.286 e. The van der Waals surface area contributed by atoms with Gasteiger partial charge in [-0.15, -0.1) is 11.6 Å². The summed E-state index contributed by atoms with van der Waals surface area (Å²) >= 11 is 5.44. The highest BCUT2D eigenvalue weighted by Crippen LogP contribution is 2.20. The van der Waals surface area contributed by atoms with E-state index in [1.54, 1.807) is 6.07 Å². The Morgan fingerprint density at radius 3 is 2.87 bits per heavy atom. The molecule has 0 aliphatic carbocycles. The monoisotopic (exact) mass is 224 g/mol. The quantitative estimate of drug-likeness (QED) is 0.275. The number of hydrogen-bond donors (Lipinski definition) is 1. The molecule has 0 radical (unpaired) electrons. The van der Waals surface area contributed by atoms with Crippen molar-refractivity contribution < 1.29 is 4.92 Å². The van der Waals surface area contributed by atoms with Crippen molar-refractivity contribution in [2.24, 2.45) is 0 Å². The van der Waals surface area contributed by atoms with E-state index in [2.05, 4.69) is 11.8 Å². The fraction of sp³-hybridized carbons (Fsp3) is 0.200. The number of nitrogens with zero attached hydrogens (tertiary/aromatic N) is 1. The Bertz CT molecular complexity index is 435. The van der Waals surface area contributed by atoms with Gasteiger partial charge in [0.25, 0.3) is 5.69 Å². The van der Waals surface area contributed by atoms with E-state index in [1.165, 1.54) is 12.1 Å². The van der Waals surface area contributed by atoms with Gasteiger partial charge in [-0.1, -0.05) is 11.8 Å². The van der Waals surface area contributed by atoms with Crippen LogP contribution in [0.1, 0.15) is 12.0 Å². The number of nitrogens with two attached hydrogens (primary N) is 1. The first-order chi connectivity index (χ1) is 7.15. The maximum Gasteiger partial charge on any atom is 0.286 e. The largest absolute Gasteiger partial charge is 0.399 e.